The Hall–Kier alpha value is -3.95. The Balaban J connectivity index is 1.36. The number of rotatable bonds is 3. The van der Waals surface area contributed by atoms with Gasteiger partial charge in [-0.15, -0.1) is 0 Å². The fourth-order valence-electron chi connectivity index (χ4n) is 4.45. The number of oxazole rings is 1. The Morgan fingerprint density at radius 3 is 2.79 bits per heavy atom. The van der Waals surface area contributed by atoms with Gasteiger partial charge in [0.15, 0.2) is 18.0 Å². The Bertz CT molecular complexity index is 1380. The van der Waals surface area contributed by atoms with Crippen LogP contribution in [0.2, 0.25) is 5.02 Å². The van der Waals surface area contributed by atoms with Crippen molar-refractivity contribution >= 4 is 35.0 Å². The topological polar surface area (TPSA) is 108 Å². The molecule has 6 rings (SSSR count). The average molecular weight is 475 g/mol. The summed E-state index contributed by atoms with van der Waals surface area (Å²) in [7, 11) is 0. The van der Waals surface area contributed by atoms with Crippen LogP contribution in [0, 0.1) is 0 Å². The first-order valence-corrected chi connectivity index (χ1v) is 11.1. The van der Waals surface area contributed by atoms with E-state index in [1.165, 1.54) is 11.3 Å². The zero-order valence-electron chi connectivity index (χ0n) is 17.8. The lowest BCUT2D eigenvalue weighted by Gasteiger charge is -2.36. The Kier molecular flexibility index (Phi) is 4.93. The number of aromatic nitrogens is 3. The summed E-state index contributed by atoms with van der Waals surface area (Å²) in [5, 5.41) is 14.2. The van der Waals surface area contributed by atoms with Crippen LogP contribution in [0.4, 0.5) is 22.1 Å². The Morgan fingerprint density at radius 1 is 1.09 bits per heavy atom. The molecule has 2 aliphatic heterocycles. The molecule has 1 aromatic carbocycles. The first-order valence-electron chi connectivity index (χ1n) is 10.7. The molecular formula is C24H19ClN6O3. The van der Waals surface area contributed by atoms with E-state index >= 15 is 0 Å². The third-order valence-electron chi connectivity index (χ3n) is 6.02. The van der Waals surface area contributed by atoms with Crippen LogP contribution in [0.15, 0.2) is 71.6 Å². The predicted octanol–water partition coefficient (Wildman–Crippen LogP) is 4.05. The van der Waals surface area contributed by atoms with Gasteiger partial charge < -0.3 is 14.4 Å². The highest BCUT2D eigenvalue weighted by molar-refractivity contribution is 6.30. The maximum absolute atomic E-state index is 13.5. The molecule has 34 heavy (non-hydrogen) atoms. The molecule has 10 heteroatoms. The van der Waals surface area contributed by atoms with Crippen LogP contribution >= 0.6 is 11.6 Å². The number of amides is 2. The van der Waals surface area contributed by atoms with Gasteiger partial charge in [0.05, 0.1) is 29.7 Å². The predicted molar refractivity (Wildman–Crippen MR) is 128 cm³/mol. The van der Waals surface area contributed by atoms with Gasteiger partial charge in [-0.05, 0) is 36.4 Å². The normalized spacial score (nSPS) is 18.6. The van der Waals surface area contributed by atoms with E-state index in [0.29, 0.717) is 46.9 Å². The van der Waals surface area contributed by atoms with E-state index < -0.39 is 18.2 Å². The monoisotopic (exact) mass is 474 g/mol. The molecule has 0 unspecified atom stereocenters. The van der Waals surface area contributed by atoms with Crippen LogP contribution in [0.1, 0.15) is 0 Å². The largest absolute Gasteiger partial charge is 0.442 e. The van der Waals surface area contributed by atoms with E-state index in [2.05, 4.69) is 15.3 Å². The lowest BCUT2D eigenvalue weighted by Crippen LogP contribution is -2.51. The molecule has 0 aliphatic carbocycles. The Labute approximate surface area is 199 Å². The second-order valence-corrected chi connectivity index (χ2v) is 8.60. The van der Waals surface area contributed by atoms with E-state index in [1.807, 2.05) is 35.2 Å². The molecule has 0 saturated carbocycles. The number of hydrogen-bond donors (Lipinski definition) is 2. The van der Waals surface area contributed by atoms with E-state index in [-0.39, 0.29) is 0 Å². The van der Waals surface area contributed by atoms with Gasteiger partial charge in [-0.2, -0.15) is 0 Å². The molecule has 2 aliphatic rings. The third kappa shape index (κ3) is 3.55. The number of fused-ring (bicyclic) bond motifs is 4. The summed E-state index contributed by atoms with van der Waals surface area (Å²) < 4.78 is 5.31. The summed E-state index contributed by atoms with van der Waals surface area (Å²) in [5.41, 5.74) is 2.85. The van der Waals surface area contributed by atoms with Crippen molar-refractivity contribution in [2.45, 2.75) is 12.1 Å². The highest BCUT2D eigenvalue weighted by Crippen LogP contribution is 2.40. The molecule has 0 spiro atoms. The quantitative estimate of drug-likeness (QED) is 0.461. The molecule has 1 fully saturated rings. The number of aliphatic hydroxyl groups is 1. The molecule has 3 aromatic heterocycles. The smallest absolute Gasteiger partial charge is 0.329 e. The second kappa shape index (κ2) is 8.12. The molecule has 9 nitrogen and oxygen atoms in total. The van der Waals surface area contributed by atoms with Gasteiger partial charge in [0.25, 0.3) is 0 Å². The number of carbonyl (C=O) groups excluding carboxylic acids is 1. The van der Waals surface area contributed by atoms with Crippen LogP contribution in [0.5, 0.6) is 0 Å². The standard InChI is InChI=1S/C24H19ClN6O3/c25-15-4-1-3-14(9-15)16-7-8-18-23(28-16)31(19-11-30(18)12-20(19)32)24(33)29-22-6-2-5-17(27-22)21-10-26-13-34-21/h1-10,13,19-20,32H,11-12H2,(H,27,29,33)/t19-,20-/m1/s1. The lowest BCUT2D eigenvalue weighted by molar-refractivity contribution is 0.176. The fraction of sp³-hybridized carbons (Fsp3) is 0.167. The van der Waals surface area contributed by atoms with Crippen molar-refractivity contribution in [1.29, 1.82) is 0 Å². The third-order valence-corrected chi connectivity index (χ3v) is 6.26. The van der Waals surface area contributed by atoms with Gasteiger partial charge in [0, 0.05) is 23.7 Å². The molecule has 170 valence electrons. The van der Waals surface area contributed by atoms with Crippen LogP contribution < -0.4 is 15.1 Å². The molecule has 2 atom stereocenters. The number of aliphatic hydroxyl groups excluding tert-OH is 1. The highest BCUT2D eigenvalue weighted by atomic mass is 35.5. The molecule has 2 N–H and O–H groups in total. The molecule has 4 aromatic rings. The summed E-state index contributed by atoms with van der Waals surface area (Å²) in [6, 6.07) is 15.6. The number of carbonyl (C=O) groups is 1. The van der Waals surface area contributed by atoms with Crippen LogP contribution in [0.3, 0.4) is 0 Å². The van der Waals surface area contributed by atoms with Gasteiger partial charge in [0.2, 0.25) is 0 Å². The highest BCUT2D eigenvalue weighted by Gasteiger charge is 2.45. The minimum Gasteiger partial charge on any atom is -0.442 e. The minimum atomic E-state index is -0.706. The van der Waals surface area contributed by atoms with E-state index in [4.69, 9.17) is 21.0 Å². The average Bonchev–Trinajstić information content (AvgIpc) is 3.49. The molecule has 5 heterocycles. The second-order valence-electron chi connectivity index (χ2n) is 8.16. The number of pyridine rings is 2. The summed E-state index contributed by atoms with van der Waals surface area (Å²) in [4.78, 5) is 30.3. The summed E-state index contributed by atoms with van der Waals surface area (Å²) >= 11 is 6.17. The molecule has 2 amide bonds. The maximum atomic E-state index is 13.5. The minimum absolute atomic E-state index is 0.348. The van der Waals surface area contributed by atoms with Crippen LogP contribution in [-0.2, 0) is 0 Å². The van der Waals surface area contributed by atoms with Crippen molar-refractivity contribution in [2.24, 2.45) is 0 Å². The maximum Gasteiger partial charge on any atom is 0.329 e. The number of benzene rings is 1. The number of nitrogens with one attached hydrogen (secondary N) is 1. The van der Waals surface area contributed by atoms with E-state index in [0.717, 1.165) is 11.3 Å². The number of hydrogen-bond acceptors (Lipinski definition) is 7. The van der Waals surface area contributed by atoms with Crippen LogP contribution in [0.25, 0.3) is 22.7 Å². The van der Waals surface area contributed by atoms with Crippen molar-refractivity contribution < 1.29 is 14.3 Å². The van der Waals surface area contributed by atoms with Crippen molar-refractivity contribution in [3.05, 3.63) is 72.2 Å². The van der Waals surface area contributed by atoms with E-state index in [9.17, 15) is 9.90 Å². The first kappa shape index (κ1) is 20.6. The van der Waals surface area contributed by atoms with Gasteiger partial charge in [0.1, 0.15) is 11.5 Å². The summed E-state index contributed by atoms with van der Waals surface area (Å²) in [5.74, 6) is 1.32. The van der Waals surface area contributed by atoms with Crippen LogP contribution in [-0.4, -0.2) is 51.3 Å². The van der Waals surface area contributed by atoms with Gasteiger partial charge >= 0.3 is 6.03 Å². The zero-order valence-corrected chi connectivity index (χ0v) is 18.6. The number of urea groups is 1. The van der Waals surface area contributed by atoms with Gasteiger partial charge in [-0.3, -0.25) is 10.2 Å². The van der Waals surface area contributed by atoms with Gasteiger partial charge in [-0.25, -0.2) is 19.7 Å². The molecule has 2 bridgehead atoms. The van der Waals surface area contributed by atoms with Crippen molar-refractivity contribution in [3.8, 4) is 22.7 Å². The van der Waals surface area contributed by atoms with Gasteiger partial charge in [-0.1, -0.05) is 29.8 Å². The van der Waals surface area contributed by atoms with Crippen molar-refractivity contribution in [2.75, 3.05) is 28.2 Å². The first-order chi connectivity index (χ1) is 16.6. The summed E-state index contributed by atoms with van der Waals surface area (Å²) in [6.45, 7) is 0.949. The number of anilines is 3. The summed E-state index contributed by atoms with van der Waals surface area (Å²) in [6.07, 6.45) is 2.17. The fourth-order valence-corrected chi connectivity index (χ4v) is 4.64. The number of halogens is 1. The molecular weight excluding hydrogens is 456 g/mol. The SMILES string of the molecule is O=C(Nc1cccc(-c2cnco2)n1)N1c2nc(-c3cccc(Cl)c3)ccc2N2C[C@@H](O)[C@H]1C2. The lowest BCUT2D eigenvalue weighted by atomic mass is 10.1. The number of nitrogens with zero attached hydrogens (tertiary/aromatic N) is 5. The van der Waals surface area contributed by atoms with E-state index in [1.54, 1.807) is 30.5 Å². The molecule has 0 radical (unpaired) electrons. The Morgan fingerprint density at radius 2 is 1.97 bits per heavy atom. The van der Waals surface area contributed by atoms with Crippen molar-refractivity contribution in [3.63, 3.8) is 0 Å². The molecule has 1 saturated heterocycles. The zero-order chi connectivity index (χ0) is 23.2. The van der Waals surface area contributed by atoms with Crippen molar-refractivity contribution in [1.82, 2.24) is 15.0 Å².